The average Bonchev–Trinajstić information content (AvgIpc) is 3.30. The number of benzene rings is 2. The Morgan fingerprint density at radius 2 is 1.92 bits per heavy atom. The number of nitrogens with zero attached hydrogens (tertiary/aromatic N) is 3. The maximum absolute atomic E-state index is 13.2. The van der Waals surface area contributed by atoms with Crippen LogP contribution in [-0.2, 0) is 6.18 Å². The van der Waals surface area contributed by atoms with Gasteiger partial charge in [-0.2, -0.15) is 13.2 Å². The van der Waals surface area contributed by atoms with Crippen LogP contribution in [0.5, 0.6) is 0 Å². The number of nitrogens with two attached hydrogens (primary N) is 1. The number of anilines is 2. The number of alkyl halides is 3. The van der Waals surface area contributed by atoms with Crippen molar-refractivity contribution >= 4 is 49.7 Å². The number of aryl methyl sites for hydroxylation is 1. The minimum Gasteiger partial charge on any atom is -0.382 e. The maximum Gasteiger partial charge on any atom is 0.416 e. The van der Waals surface area contributed by atoms with Gasteiger partial charge in [-0.1, -0.05) is 24.3 Å². The van der Waals surface area contributed by atoms with E-state index in [9.17, 15) is 23.1 Å². The summed E-state index contributed by atoms with van der Waals surface area (Å²) in [6, 6.07) is 9.62. The number of pyridine rings is 1. The highest BCUT2D eigenvalue weighted by molar-refractivity contribution is 7.18. The number of hydrogen-bond acceptors (Lipinski definition) is 7. The topological polar surface area (TPSA) is 114 Å². The molecule has 0 aliphatic carbocycles. The van der Waals surface area contributed by atoms with Crippen LogP contribution in [0.4, 0.5) is 24.7 Å². The summed E-state index contributed by atoms with van der Waals surface area (Å²) < 4.78 is 40.2. The zero-order valence-electron chi connectivity index (χ0n) is 18.7. The number of aliphatic hydroxyl groups excluding tert-OH is 1. The first-order valence-corrected chi connectivity index (χ1v) is 11.6. The highest BCUT2D eigenvalue weighted by Gasteiger charge is 2.31. The van der Waals surface area contributed by atoms with Gasteiger partial charge in [-0.25, -0.2) is 9.97 Å². The molecule has 11 heteroatoms. The number of fused-ring (bicyclic) bond motifs is 2. The van der Waals surface area contributed by atoms with Gasteiger partial charge in [0.1, 0.15) is 18.2 Å². The number of carbonyl (C=O) groups excluding carboxylic acids is 1. The van der Waals surface area contributed by atoms with Gasteiger partial charge in [-0.15, -0.1) is 11.3 Å². The third-order valence-electron chi connectivity index (χ3n) is 5.84. The number of amides is 1. The molecule has 1 amide bonds. The lowest BCUT2D eigenvalue weighted by Gasteiger charge is -2.17. The van der Waals surface area contributed by atoms with E-state index in [1.807, 2.05) is 6.92 Å². The first-order chi connectivity index (χ1) is 17.1. The molecule has 0 aliphatic heterocycles. The first-order valence-electron chi connectivity index (χ1n) is 10.7. The number of carbonyl (C=O) groups is 1. The third kappa shape index (κ3) is 4.12. The molecule has 36 heavy (non-hydrogen) atoms. The largest absolute Gasteiger partial charge is 0.416 e. The molecule has 0 fully saturated rings. The Morgan fingerprint density at radius 1 is 1.11 bits per heavy atom. The van der Waals surface area contributed by atoms with Crippen LogP contribution in [0.2, 0.25) is 0 Å². The van der Waals surface area contributed by atoms with Gasteiger partial charge in [-0.3, -0.25) is 9.78 Å². The second-order valence-corrected chi connectivity index (χ2v) is 8.99. The second-order valence-electron chi connectivity index (χ2n) is 8.11. The Labute approximate surface area is 206 Å². The second kappa shape index (κ2) is 8.85. The van der Waals surface area contributed by atoms with Crippen LogP contribution < -0.4 is 11.1 Å². The Balaban J connectivity index is 1.55. The summed E-state index contributed by atoms with van der Waals surface area (Å²) >= 11 is 1.26. The van der Waals surface area contributed by atoms with Crippen molar-refractivity contribution in [3.63, 3.8) is 0 Å². The van der Waals surface area contributed by atoms with Crippen molar-refractivity contribution in [3.05, 3.63) is 88.3 Å². The summed E-state index contributed by atoms with van der Waals surface area (Å²) in [5.74, 6) is -0.128. The molecule has 0 radical (unpaired) electrons. The van der Waals surface area contributed by atoms with Gasteiger partial charge in [0, 0.05) is 22.3 Å². The zero-order chi connectivity index (χ0) is 25.6. The van der Waals surface area contributed by atoms with Crippen LogP contribution in [-0.4, -0.2) is 26.0 Å². The molecule has 5 rings (SSSR count). The summed E-state index contributed by atoms with van der Waals surface area (Å²) in [5.41, 5.74) is 7.24. The molecule has 2 aromatic carbocycles. The molecule has 0 spiro atoms. The van der Waals surface area contributed by atoms with Crippen LogP contribution in [0.15, 0.2) is 60.4 Å². The predicted octanol–water partition coefficient (Wildman–Crippen LogP) is 5.48. The minimum absolute atomic E-state index is 0.0537. The smallest absolute Gasteiger partial charge is 0.382 e. The third-order valence-corrected chi connectivity index (χ3v) is 6.83. The lowest BCUT2D eigenvalue weighted by Crippen LogP contribution is -2.13. The summed E-state index contributed by atoms with van der Waals surface area (Å²) in [5, 5.41) is 16.6. The molecular weight excluding hydrogens is 491 g/mol. The van der Waals surface area contributed by atoms with E-state index in [-0.39, 0.29) is 17.1 Å². The number of nitrogens with one attached hydrogen (secondary N) is 1. The van der Waals surface area contributed by atoms with Crippen molar-refractivity contribution in [2.45, 2.75) is 19.2 Å². The molecule has 1 unspecified atom stereocenters. The van der Waals surface area contributed by atoms with Crippen molar-refractivity contribution < 1.29 is 23.1 Å². The fourth-order valence-electron chi connectivity index (χ4n) is 4.02. The number of nitrogen functional groups attached to an aromatic ring is 1. The van der Waals surface area contributed by atoms with Crippen LogP contribution in [0.3, 0.4) is 0 Å². The molecule has 1 atom stereocenters. The van der Waals surface area contributed by atoms with Crippen LogP contribution in [0.1, 0.15) is 38.8 Å². The highest BCUT2D eigenvalue weighted by Crippen LogP contribution is 2.36. The number of thiophene rings is 1. The molecule has 3 aromatic heterocycles. The van der Waals surface area contributed by atoms with Gasteiger partial charge in [0.05, 0.1) is 32.7 Å². The Morgan fingerprint density at radius 3 is 2.69 bits per heavy atom. The fraction of sp³-hybridized carbons (Fsp3) is 0.120. The number of rotatable bonds is 4. The molecule has 5 aromatic rings. The number of hydrogen-bond donors (Lipinski definition) is 3. The van der Waals surface area contributed by atoms with E-state index in [4.69, 9.17) is 5.73 Å². The molecule has 4 N–H and O–H groups in total. The van der Waals surface area contributed by atoms with E-state index in [2.05, 4.69) is 20.3 Å². The van der Waals surface area contributed by atoms with Gasteiger partial charge in [0.25, 0.3) is 5.91 Å². The first kappa shape index (κ1) is 23.6. The molecule has 0 saturated carbocycles. The number of halogens is 3. The average molecular weight is 510 g/mol. The van der Waals surface area contributed by atoms with E-state index in [0.717, 1.165) is 17.7 Å². The monoisotopic (exact) mass is 509 g/mol. The Hall–Kier alpha value is -4.09. The molecular formula is C25H18F3N5O2S. The van der Waals surface area contributed by atoms with Crippen molar-refractivity contribution in [1.29, 1.82) is 0 Å². The molecule has 3 heterocycles. The molecule has 0 bridgehead atoms. The van der Waals surface area contributed by atoms with Crippen molar-refractivity contribution in [2.75, 3.05) is 11.1 Å². The zero-order valence-corrected chi connectivity index (χ0v) is 19.5. The SMILES string of the molecule is Cc1ccc2c(C(O)c3cccc(C(F)(F)F)c3)nccc2c1NC(=O)c1csc2c(N)ncnc12. The van der Waals surface area contributed by atoms with E-state index in [1.54, 1.807) is 23.6 Å². The fourth-order valence-corrected chi connectivity index (χ4v) is 4.93. The minimum atomic E-state index is -4.54. The summed E-state index contributed by atoms with van der Waals surface area (Å²) in [7, 11) is 0. The van der Waals surface area contributed by atoms with Gasteiger partial charge < -0.3 is 16.2 Å². The number of aromatic nitrogens is 3. The molecule has 7 nitrogen and oxygen atoms in total. The quantitative estimate of drug-likeness (QED) is 0.296. The summed E-state index contributed by atoms with van der Waals surface area (Å²) in [6.45, 7) is 1.81. The predicted molar refractivity (Wildman–Crippen MR) is 132 cm³/mol. The Bertz CT molecular complexity index is 1630. The summed E-state index contributed by atoms with van der Waals surface area (Å²) in [6.07, 6.45) is -3.23. The molecule has 0 saturated heterocycles. The van der Waals surface area contributed by atoms with Gasteiger partial charge in [0.2, 0.25) is 0 Å². The van der Waals surface area contributed by atoms with Crippen molar-refractivity contribution in [3.8, 4) is 0 Å². The maximum atomic E-state index is 13.2. The van der Waals surface area contributed by atoms with E-state index < -0.39 is 23.8 Å². The van der Waals surface area contributed by atoms with Crippen LogP contribution in [0.25, 0.3) is 21.0 Å². The van der Waals surface area contributed by atoms with Crippen LogP contribution >= 0.6 is 11.3 Å². The molecule has 0 aliphatic rings. The summed E-state index contributed by atoms with van der Waals surface area (Å²) in [4.78, 5) is 25.6. The van der Waals surface area contributed by atoms with Crippen molar-refractivity contribution in [2.24, 2.45) is 0 Å². The van der Waals surface area contributed by atoms with Crippen LogP contribution in [0, 0.1) is 6.92 Å². The molecule has 182 valence electrons. The highest BCUT2D eigenvalue weighted by atomic mass is 32.1. The van der Waals surface area contributed by atoms with E-state index >= 15 is 0 Å². The lowest BCUT2D eigenvalue weighted by molar-refractivity contribution is -0.137. The lowest BCUT2D eigenvalue weighted by atomic mass is 9.97. The van der Waals surface area contributed by atoms with Crippen molar-refractivity contribution in [1.82, 2.24) is 15.0 Å². The van der Waals surface area contributed by atoms with Gasteiger partial charge >= 0.3 is 6.18 Å². The van der Waals surface area contributed by atoms with E-state index in [1.165, 1.54) is 36.0 Å². The van der Waals surface area contributed by atoms with E-state index in [0.29, 0.717) is 32.2 Å². The normalized spacial score (nSPS) is 12.7. The number of aliphatic hydroxyl groups is 1. The Kier molecular flexibility index (Phi) is 5.81. The van der Waals surface area contributed by atoms with Gasteiger partial charge in [0.15, 0.2) is 0 Å². The van der Waals surface area contributed by atoms with Gasteiger partial charge in [-0.05, 0) is 36.2 Å². The standard InChI is InChI=1S/C25H18F3N5O2S/c1-12-5-6-15-16(18(12)33-24(35)17-10-36-22-20(17)31-11-32-23(22)29)7-8-30-19(15)21(34)13-3-2-4-14(9-13)25(26,27)28/h2-11,21,34H,1H3,(H,33,35)(H2,29,31,32).